The maximum absolute atomic E-state index is 13.3. The first-order chi connectivity index (χ1) is 8.10. The second-order valence-corrected chi connectivity index (χ2v) is 4.62. The molecule has 0 aliphatic rings. The summed E-state index contributed by atoms with van der Waals surface area (Å²) in [6, 6.07) is 6.52. The quantitative estimate of drug-likeness (QED) is 0.785. The first-order valence-electron chi connectivity index (χ1n) is 5.40. The average molecular weight is 295 g/mol. The van der Waals surface area contributed by atoms with Crippen LogP contribution in [0.1, 0.15) is 18.3 Å². The summed E-state index contributed by atoms with van der Waals surface area (Å²) in [6.45, 7) is 3.93. The number of hydrogen-bond donors (Lipinski definition) is 0. The van der Waals surface area contributed by atoms with Crippen molar-refractivity contribution >= 4 is 15.9 Å². The molecule has 0 aliphatic carbocycles. The molecule has 0 aliphatic heterocycles. The molecule has 0 N–H and O–H groups in total. The van der Waals surface area contributed by atoms with E-state index in [-0.39, 0.29) is 5.82 Å². The third-order valence-corrected chi connectivity index (χ3v) is 2.94. The SMILES string of the molecule is CCc1nc(Br)cc(-c2cc(F)ccc2C)n1. The van der Waals surface area contributed by atoms with Crippen LogP contribution >= 0.6 is 15.9 Å². The first kappa shape index (κ1) is 12.2. The van der Waals surface area contributed by atoms with Crippen LogP contribution in [0.25, 0.3) is 11.3 Å². The van der Waals surface area contributed by atoms with Crippen molar-refractivity contribution in [3.8, 4) is 11.3 Å². The Balaban J connectivity index is 2.59. The predicted octanol–water partition coefficient (Wildman–Crippen LogP) is 3.92. The van der Waals surface area contributed by atoms with E-state index in [1.165, 1.54) is 12.1 Å². The molecule has 2 rings (SSSR count). The van der Waals surface area contributed by atoms with Crippen LogP contribution in [0, 0.1) is 12.7 Å². The second kappa shape index (κ2) is 4.92. The minimum atomic E-state index is -0.251. The molecule has 17 heavy (non-hydrogen) atoms. The van der Waals surface area contributed by atoms with E-state index in [2.05, 4.69) is 25.9 Å². The lowest BCUT2D eigenvalue weighted by molar-refractivity contribution is 0.628. The van der Waals surface area contributed by atoms with E-state index in [0.29, 0.717) is 0 Å². The van der Waals surface area contributed by atoms with Gasteiger partial charge in [0.15, 0.2) is 0 Å². The van der Waals surface area contributed by atoms with Gasteiger partial charge < -0.3 is 0 Å². The lowest BCUT2D eigenvalue weighted by Crippen LogP contribution is -1.97. The van der Waals surface area contributed by atoms with E-state index in [1.807, 2.05) is 13.8 Å². The van der Waals surface area contributed by atoms with Gasteiger partial charge in [-0.1, -0.05) is 13.0 Å². The Hall–Kier alpha value is -1.29. The summed E-state index contributed by atoms with van der Waals surface area (Å²) < 4.78 is 14.0. The van der Waals surface area contributed by atoms with Gasteiger partial charge in [0.25, 0.3) is 0 Å². The third kappa shape index (κ3) is 2.69. The zero-order valence-corrected chi connectivity index (χ0v) is 11.3. The van der Waals surface area contributed by atoms with Crippen LogP contribution in [0.2, 0.25) is 0 Å². The fraction of sp³-hybridized carbons (Fsp3) is 0.231. The van der Waals surface area contributed by atoms with Gasteiger partial charge >= 0.3 is 0 Å². The Labute approximate surface area is 108 Å². The summed E-state index contributed by atoms with van der Waals surface area (Å²) in [4.78, 5) is 8.66. The zero-order valence-electron chi connectivity index (χ0n) is 9.67. The highest BCUT2D eigenvalue weighted by Gasteiger charge is 2.08. The molecule has 0 fully saturated rings. The molecule has 0 spiro atoms. The number of nitrogens with zero attached hydrogens (tertiary/aromatic N) is 2. The summed E-state index contributed by atoms with van der Waals surface area (Å²) in [6.07, 6.45) is 0.751. The van der Waals surface area contributed by atoms with Gasteiger partial charge in [0.05, 0.1) is 5.69 Å². The van der Waals surface area contributed by atoms with Crippen molar-refractivity contribution in [1.82, 2.24) is 9.97 Å². The highest BCUT2D eigenvalue weighted by molar-refractivity contribution is 9.10. The lowest BCUT2D eigenvalue weighted by Gasteiger charge is -2.07. The van der Waals surface area contributed by atoms with Crippen LogP contribution in [-0.2, 0) is 6.42 Å². The summed E-state index contributed by atoms with van der Waals surface area (Å²) in [5.74, 6) is 0.497. The monoisotopic (exact) mass is 294 g/mol. The minimum Gasteiger partial charge on any atom is -0.233 e. The Kier molecular flexibility index (Phi) is 3.52. The van der Waals surface area contributed by atoms with Gasteiger partial charge in [0.2, 0.25) is 0 Å². The van der Waals surface area contributed by atoms with E-state index in [9.17, 15) is 4.39 Å². The van der Waals surface area contributed by atoms with Gasteiger partial charge in [-0.2, -0.15) is 0 Å². The Morgan fingerprint density at radius 1 is 1.24 bits per heavy atom. The van der Waals surface area contributed by atoms with Crippen LogP contribution in [-0.4, -0.2) is 9.97 Å². The van der Waals surface area contributed by atoms with Crippen LogP contribution in [0.3, 0.4) is 0 Å². The standard InChI is InChI=1S/C13H12BrFN2/c1-3-13-16-11(7-12(14)17-13)10-6-9(15)5-4-8(10)2/h4-7H,3H2,1-2H3. The molecule has 4 heteroatoms. The summed E-state index contributed by atoms with van der Waals surface area (Å²) in [5, 5.41) is 0. The van der Waals surface area contributed by atoms with Crippen LogP contribution in [0.4, 0.5) is 4.39 Å². The number of rotatable bonds is 2. The number of benzene rings is 1. The largest absolute Gasteiger partial charge is 0.233 e. The minimum absolute atomic E-state index is 0.251. The van der Waals surface area contributed by atoms with Crippen LogP contribution in [0.5, 0.6) is 0 Å². The van der Waals surface area contributed by atoms with Crippen molar-refractivity contribution in [1.29, 1.82) is 0 Å². The van der Waals surface area contributed by atoms with Crippen molar-refractivity contribution in [3.05, 3.63) is 46.1 Å². The van der Waals surface area contributed by atoms with Crippen LogP contribution in [0.15, 0.2) is 28.9 Å². The van der Waals surface area contributed by atoms with Crippen molar-refractivity contribution in [2.75, 3.05) is 0 Å². The summed E-state index contributed by atoms with van der Waals surface area (Å²) in [7, 11) is 0. The van der Waals surface area contributed by atoms with Crippen molar-refractivity contribution < 1.29 is 4.39 Å². The molecule has 0 radical (unpaired) electrons. The number of halogens is 2. The molecule has 0 saturated carbocycles. The highest BCUT2D eigenvalue weighted by Crippen LogP contribution is 2.24. The Bertz CT molecular complexity index is 555. The van der Waals surface area contributed by atoms with Gasteiger partial charge in [-0.3, -0.25) is 0 Å². The Morgan fingerprint density at radius 3 is 2.71 bits per heavy atom. The van der Waals surface area contributed by atoms with E-state index >= 15 is 0 Å². The van der Waals surface area contributed by atoms with Crippen LogP contribution < -0.4 is 0 Å². The molecule has 1 aromatic carbocycles. The molecule has 0 unspecified atom stereocenters. The van der Waals surface area contributed by atoms with Crippen molar-refractivity contribution in [2.24, 2.45) is 0 Å². The highest BCUT2D eigenvalue weighted by atomic mass is 79.9. The molecule has 1 heterocycles. The molecule has 0 atom stereocenters. The number of aromatic nitrogens is 2. The Morgan fingerprint density at radius 2 is 2.00 bits per heavy atom. The van der Waals surface area contributed by atoms with Crippen molar-refractivity contribution in [2.45, 2.75) is 20.3 Å². The molecule has 2 aromatic rings. The smallest absolute Gasteiger partial charge is 0.130 e. The van der Waals surface area contributed by atoms with E-state index in [0.717, 1.165) is 33.7 Å². The van der Waals surface area contributed by atoms with Gasteiger partial charge in [-0.05, 0) is 46.6 Å². The zero-order chi connectivity index (χ0) is 12.4. The molecule has 0 amide bonds. The third-order valence-electron chi connectivity index (χ3n) is 2.53. The number of aryl methyl sites for hydroxylation is 2. The second-order valence-electron chi connectivity index (χ2n) is 3.80. The average Bonchev–Trinajstić information content (AvgIpc) is 2.31. The first-order valence-corrected chi connectivity index (χ1v) is 6.19. The fourth-order valence-electron chi connectivity index (χ4n) is 1.63. The number of hydrogen-bond acceptors (Lipinski definition) is 2. The molecule has 0 saturated heterocycles. The van der Waals surface area contributed by atoms with E-state index in [4.69, 9.17) is 0 Å². The molecule has 1 aromatic heterocycles. The predicted molar refractivity (Wildman–Crippen MR) is 69.2 cm³/mol. The van der Waals surface area contributed by atoms with Gasteiger partial charge in [-0.15, -0.1) is 0 Å². The van der Waals surface area contributed by atoms with Gasteiger partial charge in [0, 0.05) is 12.0 Å². The normalized spacial score (nSPS) is 10.6. The maximum atomic E-state index is 13.3. The van der Waals surface area contributed by atoms with Gasteiger partial charge in [-0.25, -0.2) is 14.4 Å². The molecule has 0 bridgehead atoms. The van der Waals surface area contributed by atoms with E-state index < -0.39 is 0 Å². The van der Waals surface area contributed by atoms with E-state index in [1.54, 1.807) is 12.1 Å². The lowest BCUT2D eigenvalue weighted by atomic mass is 10.1. The summed E-state index contributed by atoms with van der Waals surface area (Å²) >= 11 is 3.35. The topological polar surface area (TPSA) is 25.8 Å². The molecule has 2 nitrogen and oxygen atoms in total. The van der Waals surface area contributed by atoms with Crippen molar-refractivity contribution in [3.63, 3.8) is 0 Å². The maximum Gasteiger partial charge on any atom is 0.130 e. The van der Waals surface area contributed by atoms with Gasteiger partial charge in [0.1, 0.15) is 16.2 Å². The summed E-state index contributed by atoms with van der Waals surface area (Å²) in [5.41, 5.74) is 2.56. The molecule has 88 valence electrons. The molecular weight excluding hydrogens is 283 g/mol. The molecular formula is C13H12BrFN2. The fourth-order valence-corrected chi connectivity index (χ4v) is 2.05.